The van der Waals surface area contributed by atoms with E-state index in [0.717, 1.165) is 19.5 Å². The number of halogens is 1. The maximum absolute atomic E-state index is 12.6. The number of anilines is 1. The Kier molecular flexibility index (Phi) is 2.81. The molecule has 0 aromatic carbocycles. The van der Waals surface area contributed by atoms with E-state index < -0.39 is 5.82 Å². The third-order valence-electron chi connectivity index (χ3n) is 2.86. The van der Waals surface area contributed by atoms with Crippen LogP contribution < -0.4 is 10.6 Å². The van der Waals surface area contributed by atoms with Crippen molar-refractivity contribution >= 4 is 5.95 Å². The average molecular weight is 210 g/mol. The fraction of sp³-hybridized carbons (Fsp3) is 0.600. The molecule has 1 aromatic rings. The van der Waals surface area contributed by atoms with Gasteiger partial charge in [0.25, 0.3) is 0 Å². The molecule has 2 rings (SSSR count). The first-order valence-corrected chi connectivity index (χ1v) is 5.15. The molecule has 2 N–H and O–H groups in total. The van der Waals surface area contributed by atoms with Gasteiger partial charge in [-0.15, -0.1) is 0 Å². The fourth-order valence-corrected chi connectivity index (χ4v) is 1.87. The summed E-state index contributed by atoms with van der Waals surface area (Å²) in [6.45, 7) is 3.78. The largest absolute Gasteiger partial charge is 0.340 e. The minimum atomic E-state index is -0.401. The van der Waals surface area contributed by atoms with E-state index in [9.17, 15) is 4.39 Å². The lowest BCUT2D eigenvalue weighted by Gasteiger charge is -2.17. The second-order valence-electron chi connectivity index (χ2n) is 4.06. The van der Waals surface area contributed by atoms with Crippen molar-refractivity contribution in [2.45, 2.75) is 19.4 Å². The highest BCUT2D eigenvalue weighted by molar-refractivity contribution is 5.30. The Morgan fingerprint density at radius 2 is 2.20 bits per heavy atom. The summed E-state index contributed by atoms with van der Waals surface area (Å²) in [5.41, 5.74) is 5.83. The molecule has 0 bridgehead atoms. The van der Waals surface area contributed by atoms with Crippen molar-refractivity contribution in [1.29, 1.82) is 0 Å². The summed E-state index contributed by atoms with van der Waals surface area (Å²) in [5.74, 6) is 0.680. The molecule has 1 aliphatic heterocycles. The van der Waals surface area contributed by atoms with Gasteiger partial charge in [-0.1, -0.05) is 0 Å². The van der Waals surface area contributed by atoms with Crippen LogP contribution in [0.4, 0.5) is 10.3 Å². The number of hydrogen-bond acceptors (Lipinski definition) is 4. The van der Waals surface area contributed by atoms with Crippen molar-refractivity contribution < 1.29 is 4.39 Å². The molecule has 0 radical (unpaired) electrons. The van der Waals surface area contributed by atoms with Gasteiger partial charge >= 0.3 is 0 Å². The number of nitrogens with zero attached hydrogens (tertiary/aromatic N) is 3. The van der Waals surface area contributed by atoms with Gasteiger partial charge in [0.2, 0.25) is 5.95 Å². The van der Waals surface area contributed by atoms with Gasteiger partial charge in [-0.2, -0.15) is 0 Å². The van der Waals surface area contributed by atoms with Crippen LogP contribution in [0, 0.1) is 11.7 Å². The summed E-state index contributed by atoms with van der Waals surface area (Å²) in [6.07, 6.45) is 3.45. The molecule has 1 aromatic heterocycles. The van der Waals surface area contributed by atoms with Crippen molar-refractivity contribution in [2.75, 3.05) is 18.0 Å². The maximum Gasteiger partial charge on any atom is 0.225 e. The summed E-state index contributed by atoms with van der Waals surface area (Å²) < 4.78 is 12.6. The molecule has 1 fully saturated rings. The highest BCUT2D eigenvalue weighted by atomic mass is 19.1. The monoisotopic (exact) mass is 210 g/mol. The lowest BCUT2D eigenvalue weighted by atomic mass is 10.0. The van der Waals surface area contributed by atoms with Crippen LogP contribution in [0.1, 0.15) is 13.3 Å². The molecule has 0 aliphatic carbocycles. The quantitative estimate of drug-likeness (QED) is 0.784. The van der Waals surface area contributed by atoms with Crippen molar-refractivity contribution in [3.8, 4) is 0 Å². The standard InChI is InChI=1S/C10H15FN4/c1-7(12)8-2-3-15(6-8)10-13-4-9(11)5-14-10/h4-5,7-8H,2-3,6,12H2,1H3. The Morgan fingerprint density at radius 3 is 2.73 bits per heavy atom. The minimum absolute atomic E-state index is 0.190. The third-order valence-corrected chi connectivity index (χ3v) is 2.86. The summed E-state index contributed by atoms with van der Waals surface area (Å²) >= 11 is 0. The highest BCUT2D eigenvalue weighted by Gasteiger charge is 2.26. The molecular weight excluding hydrogens is 195 g/mol. The van der Waals surface area contributed by atoms with Crippen LogP contribution in [0.25, 0.3) is 0 Å². The van der Waals surface area contributed by atoms with Gasteiger partial charge < -0.3 is 10.6 Å². The van der Waals surface area contributed by atoms with Crippen LogP contribution in [0.15, 0.2) is 12.4 Å². The topological polar surface area (TPSA) is 55.0 Å². The summed E-state index contributed by atoms with van der Waals surface area (Å²) in [4.78, 5) is 9.96. The normalized spacial score (nSPS) is 23.1. The van der Waals surface area contributed by atoms with Gasteiger partial charge in [-0.05, 0) is 19.3 Å². The average Bonchev–Trinajstić information content (AvgIpc) is 2.68. The molecule has 2 heterocycles. The lowest BCUT2D eigenvalue weighted by molar-refractivity contribution is 0.487. The van der Waals surface area contributed by atoms with E-state index in [1.54, 1.807) is 0 Å². The van der Waals surface area contributed by atoms with Gasteiger partial charge in [0, 0.05) is 19.1 Å². The molecule has 5 heteroatoms. The number of aromatic nitrogens is 2. The van der Waals surface area contributed by atoms with E-state index in [1.807, 2.05) is 11.8 Å². The predicted molar refractivity (Wildman–Crippen MR) is 56.0 cm³/mol. The Balaban J connectivity index is 2.04. The van der Waals surface area contributed by atoms with Gasteiger partial charge in [-0.3, -0.25) is 0 Å². The number of nitrogens with two attached hydrogens (primary N) is 1. The van der Waals surface area contributed by atoms with Gasteiger partial charge in [0.15, 0.2) is 5.82 Å². The summed E-state index contributed by atoms with van der Waals surface area (Å²) in [5, 5.41) is 0. The molecular formula is C10H15FN4. The fourth-order valence-electron chi connectivity index (χ4n) is 1.87. The van der Waals surface area contributed by atoms with E-state index in [1.165, 1.54) is 12.4 Å². The molecule has 4 nitrogen and oxygen atoms in total. The van der Waals surface area contributed by atoms with Gasteiger partial charge in [-0.25, -0.2) is 14.4 Å². The molecule has 1 saturated heterocycles. The minimum Gasteiger partial charge on any atom is -0.340 e. The van der Waals surface area contributed by atoms with Crippen LogP contribution >= 0.6 is 0 Å². The Morgan fingerprint density at radius 1 is 1.53 bits per heavy atom. The third kappa shape index (κ3) is 2.23. The molecule has 82 valence electrons. The molecule has 2 atom stereocenters. The van der Waals surface area contributed by atoms with E-state index in [2.05, 4.69) is 9.97 Å². The van der Waals surface area contributed by atoms with E-state index in [0.29, 0.717) is 11.9 Å². The Hall–Kier alpha value is -1.23. The second-order valence-corrected chi connectivity index (χ2v) is 4.06. The van der Waals surface area contributed by atoms with Crippen molar-refractivity contribution in [2.24, 2.45) is 11.7 Å². The summed E-state index contributed by atoms with van der Waals surface area (Å²) in [7, 11) is 0. The predicted octanol–water partition coefficient (Wildman–Crippen LogP) is 0.789. The van der Waals surface area contributed by atoms with E-state index in [-0.39, 0.29) is 6.04 Å². The zero-order valence-electron chi connectivity index (χ0n) is 8.73. The molecule has 2 unspecified atom stereocenters. The first-order chi connectivity index (χ1) is 7.16. The van der Waals surface area contributed by atoms with Crippen LogP contribution in [0.3, 0.4) is 0 Å². The van der Waals surface area contributed by atoms with Crippen molar-refractivity contribution in [1.82, 2.24) is 9.97 Å². The van der Waals surface area contributed by atoms with E-state index >= 15 is 0 Å². The number of hydrogen-bond donors (Lipinski definition) is 1. The molecule has 0 amide bonds. The molecule has 1 aliphatic rings. The van der Waals surface area contributed by atoms with Crippen molar-refractivity contribution in [3.05, 3.63) is 18.2 Å². The lowest BCUT2D eigenvalue weighted by Crippen LogP contribution is -2.30. The molecule has 0 spiro atoms. The molecule has 15 heavy (non-hydrogen) atoms. The zero-order chi connectivity index (χ0) is 10.8. The van der Waals surface area contributed by atoms with Crippen LogP contribution in [0.5, 0.6) is 0 Å². The smallest absolute Gasteiger partial charge is 0.225 e. The van der Waals surface area contributed by atoms with Crippen LogP contribution in [-0.4, -0.2) is 29.1 Å². The van der Waals surface area contributed by atoms with Gasteiger partial charge in [0.1, 0.15) is 0 Å². The van der Waals surface area contributed by atoms with Gasteiger partial charge in [0.05, 0.1) is 12.4 Å². The first kappa shape index (κ1) is 10.3. The Bertz CT molecular complexity index is 325. The van der Waals surface area contributed by atoms with E-state index in [4.69, 9.17) is 5.73 Å². The SMILES string of the molecule is CC(N)C1CCN(c2ncc(F)cn2)C1. The number of rotatable bonds is 2. The maximum atomic E-state index is 12.6. The van der Waals surface area contributed by atoms with Crippen molar-refractivity contribution in [3.63, 3.8) is 0 Å². The summed E-state index contributed by atoms with van der Waals surface area (Å²) in [6, 6.07) is 0.190. The second kappa shape index (κ2) is 4.10. The first-order valence-electron chi connectivity index (χ1n) is 5.15. The highest BCUT2D eigenvalue weighted by Crippen LogP contribution is 2.21. The zero-order valence-corrected chi connectivity index (χ0v) is 8.73. The van der Waals surface area contributed by atoms with Crippen LogP contribution in [-0.2, 0) is 0 Å². The van der Waals surface area contributed by atoms with Crippen LogP contribution in [0.2, 0.25) is 0 Å². The Labute approximate surface area is 88.3 Å². The molecule has 0 saturated carbocycles.